The molecule has 1 aromatic carbocycles. The topological polar surface area (TPSA) is 12.0 Å². The summed E-state index contributed by atoms with van der Waals surface area (Å²) in [5.74, 6) is 0.857. The lowest BCUT2D eigenvalue weighted by Crippen LogP contribution is -2.30. The molecule has 1 N–H and O–H groups in total. The summed E-state index contributed by atoms with van der Waals surface area (Å²) < 4.78 is 1.39. The summed E-state index contributed by atoms with van der Waals surface area (Å²) in [6, 6.07) is 9.26. The maximum Gasteiger partial charge on any atom is 0.0356 e. The first-order valence-electron chi connectivity index (χ1n) is 5.24. The molecule has 14 heavy (non-hydrogen) atoms. The molecule has 1 aliphatic carbocycles. The van der Waals surface area contributed by atoms with E-state index in [2.05, 4.69) is 59.2 Å². The molecule has 1 unspecified atom stereocenters. The molecular weight excluding hydrogens is 285 g/mol. The highest BCUT2D eigenvalue weighted by atomic mass is 127. The van der Waals surface area contributed by atoms with Crippen molar-refractivity contribution in [2.45, 2.75) is 25.3 Å². The highest BCUT2D eigenvalue weighted by molar-refractivity contribution is 14.1. The van der Waals surface area contributed by atoms with Crippen molar-refractivity contribution in [2.24, 2.45) is 5.92 Å². The second-order valence-electron chi connectivity index (χ2n) is 3.98. The average Bonchev–Trinajstić information content (AvgIpc) is 2.12. The van der Waals surface area contributed by atoms with Crippen LogP contribution in [0.3, 0.4) is 0 Å². The van der Waals surface area contributed by atoms with Crippen LogP contribution in [0, 0.1) is 9.49 Å². The van der Waals surface area contributed by atoms with Gasteiger partial charge >= 0.3 is 0 Å². The van der Waals surface area contributed by atoms with E-state index in [9.17, 15) is 0 Å². The van der Waals surface area contributed by atoms with Crippen LogP contribution in [0.15, 0.2) is 24.3 Å². The van der Waals surface area contributed by atoms with Crippen molar-refractivity contribution in [1.82, 2.24) is 5.32 Å². The van der Waals surface area contributed by atoms with Gasteiger partial charge < -0.3 is 5.32 Å². The van der Waals surface area contributed by atoms with Crippen molar-refractivity contribution in [3.8, 4) is 0 Å². The van der Waals surface area contributed by atoms with Crippen LogP contribution in [0.25, 0.3) is 0 Å². The van der Waals surface area contributed by atoms with E-state index in [-0.39, 0.29) is 0 Å². The summed E-state index contributed by atoms with van der Waals surface area (Å²) in [5, 5.41) is 3.46. The third-order valence-corrected chi connectivity index (χ3v) is 4.15. The van der Waals surface area contributed by atoms with Crippen LogP contribution in [0.1, 0.15) is 30.9 Å². The van der Waals surface area contributed by atoms with E-state index in [0.717, 1.165) is 5.92 Å². The van der Waals surface area contributed by atoms with Gasteiger partial charge in [0.15, 0.2) is 0 Å². The third-order valence-electron chi connectivity index (χ3n) is 3.17. The summed E-state index contributed by atoms with van der Waals surface area (Å²) >= 11 is 2.43. The Bertz CT molecular complexity index is 307. The van der Waals surface area contributed by atoms with Gasteiger partial charge in [-0.05, 0) is 60.0 Å². The number of nitrogens with one attached hydrogen (secondary N) is 1. The number of hydrogen-bond acceptors (Lipinski definition) is 1. The summed E-state index contributed by atoms with van der Waals surface area (Å²) in [5.41, 5.74) is 1.47. The Balaban J connectivity index is 2.22. The molecule has 0 bridgehead atoms. The van der Waals surface area contributed by atoms with Crippen LogP contribution < -0.4 is 5.32 Å². The standard InChI is InChI=1S/C12H16IN/c1-14-12(9-5-4-6-9)10-7-2-3-8-11(10)13/h2-3,7-9,12,14H,4-6H2,1H3. The van der Waals surface area contributed by atoms with Crippen LogP contribution in [0.5, 0.6) is 0 Å². The molecule has 0 aromatic heterocycles. The van der Waals surface area contributed by atoms with Crippen LogP contribution in [-0.4, -0.2) is 7.05 Å². The van der Waals surface area contributed by atoms with E-state index >= 15 is 0 Å². The second-order valence-corrected chi connectivity index (χ2v) is 5.14. The number of benzene rings is 1. The first-order valence-corrected chi connectivity index (χ1v) is 6.32. The minimum absolute atomic E-state index is 0.567. The minimum atomic E-state index is 0.567. The molecule has 1 fully saturated rings. The molecule has 0 aliphatic heterocycles. The summed E-state index contributed by atoms with van der Waals surface area (Å²) in [4.78, 5) is 0. The fourth-order valence-corrected chi connectivity index (χ4v) is 2.87. The average molecular weight is 301 g/mol. The van der Waals surface area contributed by atoms with Crippen LogP contribution in [-0.2, 0) is 0 Å². The van der Waals surface area contributed by atoms with Crippen LogP contribution in [0.2, 0.25) is 0 Å². The monoisotopic (exact) mass is 301 g/mol. The van der Waals surface area contributed by atoms with Crippen molar-refractivity contribution in [1.29, 1.82) is 0 Å². The Morgan fingerprint density at radius 1 is 1.36 bits per heavy atom. The van der Waals surface area contributed by atoms with Gasteiger partial charge in [0, 0.05) is 9.61 Å². The van der Waals surface area contributed by atoms with E-state index in [4.69, 9.17) is 0 Å². The first-order chi connectivity index (χ1) is 6.83. The van der Waals surface area contributed by atoms with Crippen LogP contribution in [0.4, 0.5) is 0 Å². The van der Waals surface area contributed by atoms with Gasteiger partial charge in [0.2, 0.25) is 0 Å². The predicted octanol–water partition coefficient (Wildman–Crippen LogP) is 3.35. The zero-order chi connectivity index (χ0) is 9.97. The van der Waals surface area contributed by atoms with Crippen molar-refractivity contribution in [3.05, 3.63) is 33.4 Å². The van der Waals surface area contributed by atoms with Gasteiger partial charge in [-0.1, -0.05) is 24.6 Å². The highest BCUT2D eigenvalue weighted by Crippen LogP contribution is 2.38. The molecule has 1 aromatic rings. The lowest BCUT2D eigenvalue weighted by molar-refractivity contribution is 0.239. The van der Waals surface area contributed by atoms with E-state index in [1.165, 1.54) is 28.4 Å². The van der Waals surface area contributed by atoms with Gasteiger partial charge in [0.05, 0.1) is 0 Å². The van der Waals surface area contributed by atoms with E-state index in [1.54, 1.807) is 0 Å². The molecular formula is C12H16IN. The molecule has 76 valence electrons. The SMILES string of the molecule is CNC(c1ccccc1I)C1CCC1. The first kappa shape index (κ1) is 10.4. The predicted molar refractivity (Wildman–Crippen MR) is 68.3 cm³/mol. The molecule has 0 saturated heterocycles. The number of halogens is 1. The third kappa shape index (κ3) is 1.96. The number of rotatable bonds is 3. The Morgan fingerprint density at radius 2 is 2.07 bits per heavy atom. The molecule has 0 heterocycles. The highest BCUT2D eigenvalue weighted by Gasteiger charge is 2.28. The molecule has 1 aliphatic rings. The van der Waals surface area contributed by atoms with Crippen molar-refractivity contribution in [3.63, 3.8) is 0 Å². The molecule has 0 spiro atoms. The smallest absolute Gasteiger partial charge is 0.0356 e. The summed E-state index contributed by atoms with van der Waals surface area (Å²) in [7, 11) is 2.08. The fraction of sp³-hybridized carbons (Fsp3) is 0.500. The lowest BCUT2D eigenvalue weighted by Gasteiger charge is -2.34. The second kappa shape index (κ2) is 4.62. The van der Waals surface area contributed by atoms with Gasteiger partial charge in [-0.2, -0.15) is 0 Å². The molecule has 2 heteroatoms. The molecule has 0 radical (unpaired) electrons. The summed E-state index contributed by atoms with van der Waals surface area (Å²) in [6.07, 6.45) is 4.18. The zero-order valence-corrected chi connectivity index (χ0v) is 10.6. The Hall–Kier alpha value is -0.0900. The largest absolute Gasteiger partial charge is 0.313 e. The van der Waals surface area contributed by atoms with E-state index in [1.807, 2.05) is 0 Å². The van der Waals surface area contributed by atoms with E-state index in [0.29, 0.717) is 6.04 Å². The van der Waals surface area contributed by atoms with Crippen molar-refractivity contribution < 1.29 is 0 Å². The van der Waals surface area contributed by atoms with Crippen molar-refractivity contribution >= 4 is 22.6 Å². The van der Waals surface area contributed by atoms with E-state index < -0.39 is 0 Å². The maximum atomic E-state index is 3.46. The van der Waals surface area contributed by atoms with Crippen molar-refractivity contribution in [2.75, 3.05) is 7.05 Å². The van der Waals surface area contributed by atoms with Gasteiger partial charge in [0.1, 0.15) is 0 Å². The number of hydrogen-bond donors (Lipinski definition) is 1. The quantitative estimate of drug-likeness (QED) is 0.844. The van der Waals surface area contributed by atoms with Gasteiger partial charge in [0.25, 0.3) is 0 Å². The molecule has 1 atom stereocenters. The Labute approximate surface area is 99.4 Å². The Morgan fingerprint density at radius 3 is 2.57 bits per heavy atom. The Kier molecular flexibility index (Phi) is 3.44. The van der Waals surface area contributed by atoms with Gasteiger partial charge in [-0.3, -0.25) is 0 Å². The molecule has 0 amide bonds. The van der Waals surface area contributed by atoms with Gasteiger partial charge in [-0.25, -0.2) is 0 Å². The zero-order valence-electron chi connectivity index (χ0n) is 8.46. The normalized spacial score (nSPS) is 19.0. The van der Waals surface area contributed by atoms with Gasteiger partial charge in [-0.15, -0.1) is 0 Å². The summed E-state index contributed by atoms with van der Waals surface area (Å²) in [6.45, 7) is 0. The molecule has 1 nitrogen and oxygen atoms in total. The van der Waals surface area contributed by atoms with Crippen LogP contribution >= 0.6 is 22.6 Å². The maximum absolute atomic E-state index is 3.46. The molecule has 1 saturated carbocycles. The lowest BCUT2D eigenvalue weighted by atomic mass is 9.77. The molecule has 2 rings (SSSR count). The minimum Gasteiger partial charge on any atom is -0.313 e. The fourth-order valence-electron chi connectivity index (χ4n) is 2.15.